The molecule has 0 aliphatic rings. The molecule has 2 atom stereocenters. The normalized spacial score (nSPS) is 13.9. The molecule has 5 heteroatoms. The lowest BCUT2D eigenvalue weighted by atomic mass is 10.3. The molecule has 4 nitrogen and oxygen atoms in total. The van der Waals surface area contributed by atoms with Crippen LogP contribution in [0.5, 0.6) is 11.5 Å². The Balaban J connectivity index is 2.15. The van der Waals surface area contributed by atoms with Crippen molar-refractivity contribution in [3.8, 4) is 11.5 Å². The molecule has 18 heavy (non-hydrogen) atoms. The molecule has 1 rings (SSSR count). The smallest absolute Gasteiger partial charge is 0.119 e. The highest BCUT2D eigenvalue weighted by Crippen LogP contribution is 2.16. The highest BCUT2D eigenvalue weighted by Gasteiger charge is 2.04. The minimum atomic E-state index is -0.773. The summed E-state index contributed by atoms with van der Waals surface area (Å²) in [5.74, 6) is 1.64. The fourth-order valence-corrected chi connectivity index (χ4v) is 1.69. The summed E-state index contributed by atoms with van der Waals surface area (Å²) in [7, 11) is 0.865. The van der Waals surface area contributed by atoms with Gasteiger partial charge in [0.25, 0.3) is 0 Å². The highest BCUT2D eigenvalue weighted by atomic mass is 32.2. The molecule has 0 saturated carbocycles. The summed E-state index contributed by atoms with van der Waals surface area (Å²) in [6.45, 7) is 4.05. The fourth-order valence-electron chi connectivity index (χ4n) is 1.34. The molecule has 0 bridgehead atoms. The van der Waals surface area contributed by atoms with E-state index in [4.69, 9.17) is 9.47 Å². The Labute approximate surface area is 111 Å². The lowest BCUT2D eigenvalue weighted by Crippen LogP contribution is -2.30. The van der Waals surface area contributed by atoms with E-state index in [0.29, 0.717) is 6.61 Å². The second-order valence-electron chi connectivity index (χ2n) is 4.04. The Morgan fingerprint density at radius 2 is 1.89 bits per heavy atom. The van der Waals surface area contributed by atoms with Crippen LogP contribution in [0.1, 0.15) is 6.92 Å². The van der Waals surface area contributed by atoms with Crippen LogP contribution in [0.2, 0.25) is 0 Å². The standard InChI is InChI=1S/C13H21NO3S/c1-11(18(3)15)10-14-8-9-17-13-6-4-12(16-2)5-7-13/h4-7,11,14H,8-10H2,1-3H3. The molecule has 0 aliphatic carbocycles. The first-order valence-corrected chi connectivity index (χ1v) is 7.55. The summed E-state index contributed by atoms with van der Waals surface area (Å²) < 4.78 is 21.7. The van der Waals surface area contributed by atoms with Crippen molar-refractivity contribution in [3.63, 3.8) is 0 Å². The SMILES string of the molecule is COc1ccc(OCCNCC(C)S(C)=O)cc1. The zero-order valence-corrected chi connectivity index (χ0v) is 12.0. The number of nitrogens with one attached hydrogen (secondary N) is 1. The van der Waals surface area contributed by atoms with E-state index in [1.807, 2.05) is 31.2 Å². The average Bonchev–Trinajstić information content (AvgIpc) is 2.38. The largest absolute Gasteiger partial charge is 0.497 e. The molecule has 0 saturated heterocycles. The second kappa shape index (κ2) is 8.11. The van der Waals surface area contributed by atoms with E-state index in [1.54, 1.807) is 13.4 Å². The third-order valence-corrected chi connectivity index (χ3v) is 3.91. The van der Waals surface area contributed by atoms with Gasteiger partial charge >= 0.3 is 0 Å². The first kappa shape index (κ1) is 15.0. The zero-order valence-electron chi connectivity index (χ0n) is 11.1. The van der Waals surface area contributed by atoms with E-state index in [1.165, 1.54) is 0 Å². The molecule has 0 aromatic heterocycles. The van der Waals surface area contributed by atoms with Gasteiger partial charge in [0.15, 0.2) is 0 Å². The van der Waals surface area contributed by atoms with Crippen LogP contribution in [0.4, 0.5) is 0 Å². The molecule has 1 aromatic carbocycles. The maximum atomic E-state index is 11.1. The van der Waals surface area contributed by atoms with Gasteiger partial charge in [0.2, 0.25) is 0 Å². The molecular formula is C13H21NO3S. The van der Waals surface area contributed by atoms with E-state index in [0.717, 1.165) is 24.6 Å². The number of rotatable bonds is 8. The van der Waals surface area contributed by atoms with Gasteiger partial charge in [-0.1, -0.05) is 0 Å². The van der Waals surface area contributed by atoms with Crippen LogP contribution >= 0.6 is 0 Å². The molecule has 1 aromatic rings. The highest BCUT2D eigenvalue weighted by molar-refractivity contribution is 7.84. The molecule has 0 radical (unpaired) electrons. The number of benzene rings is 1. The number of hydrogen-bond donors (Lipinski definition) is 1. The van der Waals surface area contributed by atoms with E-state index in [9.17, 15) is 4.21 Å². The molecule has 0 fully saturated rings. The lowest BCUT2D eigenvalue weighted by Gasteiger charge is -2.11. The number of hydrogen-bond acceptors (Lipinski definition) is 4. The van der Waals surface area contributed by atoms with Crippen LogP contribution in [0.15, 0.2) is 24.3 Å². The quantitative estimate of drug-likeness (QED) is 0.727. The van der Waals surface area contributed by atoms with Crippen LogP contribution in [0.25, 0.3) is 0 Å². The van der Waals surface area contributed by atoms with Gasteiger partial charge in [-0.15, -0.1) is 0 Å². The fraction of sp³-hybridized carbons (Fsp3) is 0.538. The Kier molecular flexibility index (Phi) is 6.75. The van der Waals surface area contributed by atoms with Gasteiger partial charge in [-0.05, 0) is 31.2 Å². The van der Waals surface area contributed by atoms with E-state index < -0.39 is 10.8 Å². The van der Waals surface area contributed by atoms with Gasteiger partial charge in [-0.25, -0.2) is 0 Å². The van der Waals surface area contributed by atoms with Crippen LogP contribution < -0.4 is 14.8 Å². The maximum Gasteiger partial charge on any atom is 0.119 e. The lowest BCUT2D eigenvalue weighted by molar-refractivity contribution is 0.313. The average molecular weight is 271 g/mol. The van der Waals surface area contributed by atoms with Gasteiger partial charge in [0.1, 0.15) is 18.1 Å². The molecular weight excluding hydrogens is 250 g/mol. The Hall–Kier alpha value is -1.07. The Bertz CT molecular complexity index is 367. The minimum absolute atomic E-state index is 0.172. The maximum absolute atomic E-state index is 11.1. The molecule has 0 heterocycles. The summed E-state index contributed by atoms with van der Waals surface area (Å²) in [6.07, 6.45) is 1.72. The van der Waals surface area contributed by atoms with Gasteiger partial charge in [0, 0.05) is 35.4 Å². The number of methoxy groups -OCH3 is 1. The van der Waals surface area contributed by atoms with Gasteiger partial charge in [0.05, 0.1) is 7.11 Å². The van der Waals surface area contributed by atoms with E-state index in [-0.39, 0.29) is 5.25 Å². The summed E-state index contributed by atoms with van der Waals surface area (Å²) in [4.78, 5) is 0. The van der Waals surface area contributed by atoms with Crippen molar-refractivity contribution in [1.82, 2.24) is 5.32 Å². The molecule has 102 valence electrons. The minimum Gasteiger partial charge on any atom is -0.497 e. The van der Waals surface area contributed by atoms with Crippen molar-refractivity contribution in [2.75, 3.05) is 33.1 Å². The molecule has 0 amide bonds. The van der Waals surface area contributed by atoms with E-state index in [2.05, 4.69) is 5.32 Å². The van der Waals surface area contributed by atoms with Crippen molar-refractivity contribution < 1.29 is 13.7 Å². The van der Waals surface area contributed by atoms with Crippen molar-refractivity contribution in [3.05, 3.63) is 24.3 Å². The summed E-state index contributed by atoms with van der Waals surface area (Å²) >= 11 is 0. The van der Waals surface area contributed by atoms with Crippen molar-refractivity contribution in [2.24, 2.45) is 0 Å². The predicted octanol–water partition coefficient (Wildman–Crippen LogP) is 1.43. The first-order chi connectivity index (χ1) is 8.63. The van der Waals surface area contributed by atoms with Crippen molar-refractivity contribution in [2.45, 2.75) is 12.2 Å². The number of ether oxygens (including phenoxy) is 2. The molecule has 0 aliphatic heterocycles. The predicted molar refractivity (Wildman–Crippen MR) is 74.9 cm³/mol. The topological polar surface area (TPSA) is 47.6 Å². The van der Waals surface area contributed by atoms with E-state index >= 15 is 0 Å². The Morgan fingerprint density at radius 3 is 2.44 bits per heavy atom. The summed E-state index contributed by atoms with van der Waals surface area (Å²) in [5.41, 5.74) is 0. The summed E-state index contributed by atoms with van der Waals surface area (Å²) in [5, 5.41) is 3.39. The van der Waals surface area contributed by atoms with Crippen molar-refractivity contribution in [1.29, 1.82) is 0 Å². The van der Waals surface area contributed by atoms with Crippen LogP contribution in [0.3, 0.4) is 0 Å². The van der Waals surface area contributed by atoms with Gasteiger partial charge in [-0.3, -0.25) is 4.21 Å². The van der Waals surface area contributed by atoms with Crippen LogP contribution in [-0.2, 0) is 10.8 Å². The van der Waals surface area contributed by atoms with Crippen molar-refractivity contribution >= 4 is 10.8 Å². The first-order valence-electron chi connectivity index (χ1n) is 5.93. The Morgan fingerprint density at radius 1 is 1.28 bits per heavy atom. The third kappa shape index (κ3) is 5.51. The molecule has 0 spiro atoms. The van der Waals surface area contributed by atoms with Gasteiger partial charge in [-0.2, -0.15) is 0 Å². The van der Waals surface area contributed by atoms with Crippen LogP contribution in [0, 0.1) is 0 Å². The second-order valence-corrected chi connectivity index (χ2v) is 5.84. The van der Waals surface area contributed by atoms with Gasteiger partial charge < -0.3 is 14.8 Å². The summed E-state index contributed by atoms with van der Waals surface area (Å²) in [6, 6.07) is 7.49. The monoisotopic (exact) mass is 271 g/mol. The molecule has 1 N–H and O–H groups in total. The third-order valence-electron chi connectivity index (χ3n) is 2.61. The zero-order chi connectivity index (χ0) is 13.4. The van der Waals surface area contributed by atoms with Crippen LogP contribution in [-0.4, -0.2) is 42.5 Å². The molecule has 2 unspecified atom stereocenters.